The van der Waals surface area contributed by atoms with Crippen molar-refractivity contribution in [3.8, 4) is 11.3 Å². The lowest BCUT2D eigenvalue weighted by molar-refractivity contribution is -0.137. The number of H-pyrrole nitrogens is 1. The number of halogens is 4. The van der Waals surface area contributed by atoms with Gasteiger partial charge < -0.3 is 25.1 Å². The van der Waals surface area contributed by atoms with E-state index in [0.29, 0.717) is 34.6 Å². The predicted molar refractivity (Wildman–Crippen MR) is 138 cm³/mol. The topological polar surface area (TPSA) is 118 Å². The maximum atomic E-state index is 13.9. The van der Waals surface area contributed by atoms with E-state index in [1.54, 1.807) is 20.8 Å². The number of hydrogen-bond donors (Lipinski definition) is 3. The molecule has 1 aliphatic rings. The van der Waals surface area contributed by atoms with Gasteiger partial charge >= 0.3 is 18.2 Å². The molecule has 2 heterocycles. The number of fused-ring (bicyclic) bond motifs is 1. The van der Waals surface area contributed by atoms with Crippen LogP contribution in [0.2, 0.25) is 0 Å². The Bertz CT molecular complexity index is 1370. The van der Waals surface area contributed by atoms with Gasteiger partial charge in [0.05, 0.1) is 28.4 Å². The molecule has 0 aliphatic heterocycles. The molecule has 0 unspecified atom stereocenters. The summed E-state index contributed by atoms with van der Waals surface area (Å²) in [4.78, 5) is 35.2. The molecule has 2 atom stereocenters. The highest BCUT2D eigenvalue weighted by Crippen LogP contribution is 2.40. The molecule has 0 saturated heterocycles. The Hall–Kier alpha value is -3.35. The van der Waals surface area contributed by atoms with Gasteiger partial charge in [0.1, 0.15) is 11.2 Å². The van der Waals surface area contributed by atoms with Crippen LogP contribution in [-0.4, -0.2) is 51.8 Å². The standard InChI is InChI=1S/C25H27BrF3N5O4/c1-24(2,3)38-23(36)33-13-6-5-12(9-13)32-22-31-11-17(25(27,28)29)19(34-22)16-10-30-20-14(16)7-8-15(18(20)26)21(35)37-4/h7-8,10-13,30H,5-6,9H2,1-4H3,(H,33,36)(H,31,32,34)/t12-,13-/m0/s1. The molecule has 3 N–H and O–H groups in total. The van der Waals surface area contributed by atoms with Crippen molar-refractivity contribution in [1.29, 1.82) is 0 Å². The molecule has 0 radical (unpaired) electrons. The summed E-state index contributed by atoms with van der Waals surface area (Å²) in [6.07, 6.45) is -1.18. The van der Waals surface area contributed by atoms with Crippen LogP contribution >= 0.6 is 15.9 Å². The second-order valence-electron chi connectivity index (χ2n) is 9.99. The number of esters is 1. The third kappa shape index (κ3) is 6.03. The monoisotopic (exact) mass is 597 g/mol. The van der Waals surface area contributed by atoms with Crippen LogP contribution in [0, 0.1) is 0 Å². The molecule has 2 aromatic heterocycles. The van der Waals surface area contributed by atoms with Gasteiger partial charge in [0.15, 0.2) is 0 Å². The number of anilines is 1. The molecule has 1 fully saturated rings. The van der Waals surface area contributed by atoms with E-state index < -0.39 is 29.4 Å². The molecular formula is C25H27BrF3N5O4. The number of benzene rings is 1. The van der Waals surface area contributed by atoms with Gasteiger partial charge in [-0.2, -0.15) is 13.2 Å². The average Bonchev–Trinajstić information content (AvgIpc) is 3.44. The summed E-state index contributed by atoms with van der Waals surface area (Å²) in [6, 6.07) is 2.71. The zero-order valence-corrected chi connectivity index (χ0v) is 22.7. The van der Waals surface area contributed by atoms with Crippen LogP contribution in [-0.2, 0) is 15.7 Å². The third-order valence-electron chi connectivity index (χ3n) is 6.03. The minimum atomic E-state index is -4.70. The van der Waals surface area contributed by atoms with E-state index in [1.165, 1.54) is 25.4 Å². The van der Waals surface area contributed by atoms with Crippen LogP contribution in [0.5, 0.6) is 0 Å². The highest BCUT2D eigenvalue weighted by molar-refractivity contribution is 9.10. The molecule has 4 rings (SSSR count). The van der Waals surface area contributed by atoms with Crippen molar-refractivity contribution in [2.24, 2.45) is 0 Å². The molecule has 204 valence electrons. The molecule has 0 bridgehead atoms. The van der Waals surface area contributed by atoms with Crippen molar-refractivity contribution in [1.82, 2.24) is 20.3 Å². The first kappa shape index (κ1) is 27.7. The van der Waals surface area contributed by atoms with Gasteiger partial charge in [-0.3, -0.25) is 0 Å². The fourth-order valence-electron chi connectivity index (χ4n) is 4.39. The lowest BCUT2D eigenvalue weighted by Gasteiger charge is -2.22. The Morgan fingerprint density at radius 2 is 1.87 bits per heavy atom. The van der Waals surface area contributed by atoms with Gasteiger partial charge in [-0.05, 0) is 62.0 Å². The summed E-state index contributed by atoms with van der Waals surface area (Å²) in [7, 11) is 1.24. The van der Waals surface area contributed by atoms with Crippen LogP contribution in [0.25, 0.3) is 22.2 Å². The molecule has 1 saturated carbocycles. The molecule has 38 heavy (non-hydrogen) atoms. The number of alkyl halides is 3. The van der Waals surface area contributed by atoms with E-state index in [1.807, 2.05) is 0 Å². The third-order valence-corrected chi connectivity index (χ3v) is 6.86. The second-order valence-corrected chi connectivity index (χ2v) is 10.8. The average molecular weight is 598 g/mol. The number of ether oxygens (including phenoxy) is 2. The number of carbonyl (C=O) groups is 2. The largest absolute Gasteiger partial charge is 0.465 e. The fraction of sp³-hybridized carbons (Fsp3) is 0.440. The number of alkyl carbamates (subject to hydrolysis) is 1. The fourth-order valence-corrected chi connectivity index (χ4v) is 5.01. The van der Waals surface area contributed by atoms with Crippen LogP contribution in [0.4, 0.5) is 23.9 Å². The summed E-state index contributed by atoms with van der Waals surface area (Å²) in [5.74, 6) is -0.550. The second kappa shape index (κ2) is 10.4. The molecule has 9 nitrogen and oxygen atoms in total. The maximum Gasteiger partial charge on any atom is 0.419 e. The van der Waals surface area contributed by atoms with E-state index in [0.717, 1.165) is 6.20 Å². The highest BCUT2D eigenvalue weighted by atomic mass is 79.9. The molecule has 13 heteroatoms. The first-order valence-corrected chi connectivity index (χ1v) is 12.6. The van der Waals surface area contributed by atoms with Crippen molar-refractivity contribution in [2.75, 3.05) is 12.4 Å². The van der Waals surface area contributed by atoms with Gasteiger partial charge in [-0.25, -0.2) is 19.6 Å². The number of hydrogen-bond acceptors (Lipinski definition) is 7. The number of rotatable bonds is 5. The maximum absolute atomic E-state index is 13.9. The number of methoxy groups -OCH3 is 1. The minimum Gasteiger partial charge on any atom is -0.465 e. The van der Waals surface area contributed by atoms with E-state index in [2.05, 4.69) is 41.5 Å². The number of aromatic nitrogens is 3. The molecular weight excluding hydrogens is 571 g/mol. The number of nitrogens with zero attached hydrogens (tertiary/aromatic N) is 2. The smallest absolute Gasteiger partial charge is 0.419 e. The van der Waals surface area contributed by atoms with E-state index >= 15 is 0 Å². The van der Waals surface area contributed by atoms with Gasteiger partial charge in [-0.1, -0.05) is 6.07 Å². The van der Waals surface area contributed by atoms with E-state index in [4.69, 9.17) is 9.47 Å². The van der Waals surface area contributed by atoms with Gasteiger partial charge in [0.25, 0.3) is 0 Å². The number of carbonyl (C=O) groups excluding carboxylic acids is 2. The molecule has 3 aromatic rings. The van der Waals surface area contributed by atoms with Crippen molar-refractivity contribution >= 4 is 44.8 Å². The normalized spacial score (nSPS) is 17.9. The highest BCUT2D eigenvalue weighted by Gasteiger charge is 2.37. The lowest BCUT2D eigenvalue weighted by atomic mass is 10.0. The zero-order valence-electron chi connectivity index (χ0n) is 21.1. The lowest BCUT2D eigenvalue weighted by Crippen LogP contribution is -2.38. The summed E-state index contributed by atoms with van der Waals surface area (Å²) < 4.78 is 52.2. The van der Waals surface area contributed by atoms with Crippen LogP contribution in [0.15, 0.2) is 29.0 Å². The van der Waals surface area contributed by atoms with Gasteiger partial charge in [0, 0.05) is 35.4 Å². The number of aromatic amines is 1. The van der Waals surface area contributed by atoms with Crippen molar-refractivity contribution < 1.29 is 32.2 Å². The van der Waals surface area contributed by atoms with Crippen LogP contribution in [0.3, 0.4) is 0 Å². The van der Waals surface area contributed by atoms with Crippen molar-refractivity contribution in [3.63, 3.8) is 0 Å². The van der Waals surface area contributed by atoms with Crippen LogP contribution in [0.1, 0.15) is 56.0 Å². The Morgan fingerprint density at radius 3 is 2.53 bits per heavy atom. The SMILES string of the molecule is COC(=O)c1ccc2c(-c3nc(N[C@H]4CC[C@H](NC(=O)OC(C)(C)C)C4)ncc3C(F)(F)F)c[nH]c2c1Br. The molecule has 1 aromatic carbocycles. The summed E-state index contributed by atoms with van der Waals surface area (Å²) in [5, 5.41) is 6.36. The predicted octanol–water partition coefficient (Wildman–Crippen LogP) is 6.05. The van der Waals surface area contributed by atoms with Crippen molar-refractivity contribution in [3.05, 3.63) is 40.1 Å². The number of amides is 1. The van der Waals surface area contributed by atoms with Gasteiger partial charge in [-0.15, -0.1) is 0 Å². The molecule has 1 aliphatic carbocycles. The quantitative estimate of drug-likeness (QED) is 0.306. The van der Waals surface area contributed by atoms with Crippen LogP contribution < -0.4 is 10.6 Å². The Morgan fingerprint density at radius 1 is 1.16 bits per heavy atom. The summed E-state index contributed by atoms with van der Waals surface area (Å²) >= 11 is 3.34. The first-order valence-electron chi connectivity index (χ1n) is 11.9. The van der Waals surface area contributed by atoms with E-state index in [9.17, 15) is 22.8 Å². The Kier molecular flexibility index (Phi) is 7.60. The first-order chi connectivity index (χ1) is 17.8. The number of nitrogens with one attached hydrogen (secondary N) is 3. The summed E-state index contributed by atoms with van der Waals surface area (Å²) in [5.41, 5.74) is -1.07. The Labute approximate surface area is 225 Å². The molecule has 1 amide bonds. The molecule has 0 spiro atoms. The van der Waals surface area contributed by atoms with E-state index in [-0.39, 0.29) is 34.9 Å². The minimum absolute atomic E-state index is 0.0375. The summed E-state index contributed by atoms with van der Waals surface area (Å²) in [6.45, 7) is 5.32. The van der Waals surface area contributed by atoms with Crippen molar-refractivity contribution in [2.45, 2.75) is 63.9 Å². The van der Waals surface area contributed by atoms with Gasteiger partial charge in [0.2, 0.25) is 5.95 Å². The zero-order chi connectivity index (χ0) is 27.8. The Balaban J connectivity index is 1.60.